The van der Waals surface area contributed by atoms with E-state index in [2.05, 4.69) is 27.1 Å². The molecule has 0 saturated carbocycles. The van der Waals surface area contributed by atoms with E-state index < -0.39 is 0 Å². The van der Waals surface area contributed by atoms with Crippen molar-refractivity contribution < 1.29 is 4.79 Å². The van der Waals surface area contributed by atoms with Gasteiger partial charge in [0, 0.05) is 24.5 Å². The van der Waals surface area contributed by atoms with Gasteiger partial charge < -0.3 is 4.90 Å². The predicted octanol–water partition coefficient (Wildman–Crippen LogP) is 1.97. The van der Waals surface area contributed by atoms with E-state index in [-0.39, 0.29) is 5.91 Å². The topological polar surface area (TPSA) is 50.5 Å². The van der Waals surface area contributed by atoms with Crippen LogP contribution in [-0.2, 0) is 11.3 Å². The average Bonchev–Trinajstić information content (AvgIpc) is 3.13. The number of benzene rings is 2. The fourth-order valence-electron chi connectivity index (χ4n) is 3.70. The van der Waals surface area contributed by atoms with Crippen LogP contribution in [0.2, 0.25) is 0 Å². The number of carbonyl (C=O) groups excluding carboxylic acids is 1. The zero-order chi connectivity index (χ0) is 18.2. The smallest absolute Gasteiger partial charge is 0.280 e. The van der Waals surface area contributed by atoms with Gasteiger partial charge in [-0.05, 0) is 29.7 Å². The zero-order valence-electron chi connectivity index (χ0n) is 14.7. The summed E-state index contributed by atoms with van der Waals surface area (Å²) in [5.41, 5.74) is 4.52. The molecule has 132 valence electrons. The summed E-state index contributed by atoms with van der Waals surface area (Å²) in [5.74, 6) is -0.187. The van der Waals surface area contributed by atoms with Gasteiger partial charge in [0.2, 0.25) is 0 Å². The van der Waals surface area contributed by atoms with Crippen LogP contribution in [0.4, 0.5) is 0 Å². The standard InChI is InChI=1S/C22H18N4O/c27-22-20-15-25(14-16-7-3-1-4-8-16)12-11-18(20)19-13-23-26(21(19)24-22)17-9-5-2-6-10-17/h1-10,13,15H,11-12,14H2. The van der Waals surface area contributed by atoms with Crippen molar-refractivity contribution in [2.45, 2.75) is 13.0 Å². The Morgan fingerprint density at radius 1 is 0.963 bits per heavy atom. The normalized spacial score (nSPS) is 15.7. The molecule has 0 aliphatic carbocycles. The minimum Gasteiger partial charge on any atom is -0.372 e. The Morgan fingerprint density at radius 3 is 2.48 bits per heavy atom. The van der Waals surface area contributed by atoms with Gasteiger partial charge in [-0.25, -0.2) is 4.68 Å². The third-order valence-corrected chi connectivity index (χ3v) is 5.02. The Bertz CT molecular complexity index is 1160. The minimum absolute atomic E-state index is 0.187. The molecule has 0 fully saturated rings. The number of para-hydroxylation sites is 1. The first-order chi connectivity index (χ1) is 13.3. The van der Waals surface area contributed by atoms with Crippen LogP contribution in [-0.4, -0.2) is 27.1 Å². The summed E-state index contributed by atoms with van der Waals surface area (Å²) in [4.78, 5) is 19.3. The summed E-state index contributed by atoms with van der Waals surface area (Å²) >= 11 is 0. The van der Waals surface area contributed by atoms with Gasteiger partial charge >= 0.3 is 0 Å². The van der Waals surface area contributed by atoms with E-state index in [1.165, 1.54) is 5.56 Å². The molecule has 1 aromatic heterocycles. The molecule has 2 aliphatic heterocycles. The Morgan fingerprint density at radius 2 is 1.70 bits per heavy atom. The molecule has 0 unspecified atom stereocenters. The summed E-state index contributed by atoms with van der Waals surface area (Å²) in [6.45, 7) is 1.66. The molecule has 2 aliphatic rings. The van der Waals surface area contributed by atoms with Gasteiger partial charge in [-0.15, -0.1) is 0 Å². The lowest BCUT2D eigenvalue weighted by Crippen LogP contribution is -2.39. The first kappa shape index (κ1) is 15.8. The number of rotatable bonds is 3. The van der Waals surface area contributed by atoms with Crippen molar-refractivity contribution in [3.63, 3.8) is 0 Å². The second-order valence-corrected chi connectivity index (χ2v) is 6.77. The van der Waals surface area contributed by atoms with Crippen LogP contribution in [0.15, 0.2) is 83.6 Å². The molecule has 3 aromatic rings. The molecule has 1 amide bonds. The third kappa shape index (κ3) is 2.77. The highest BCUT2D eigenvalue weighted by molar-refractivity contribution is 6.07. The third-order valence-electron chi connectivity index (χ3n) is 5.02. The van der Waals surface area contributed by atoms with E-state index in [1.807, 2.05) is 60.9 Å². The first-order valence-electron chi connectivity index (χ1n) is 9.05. The van der Waals surface area contributed by atoms with Crippen molar-refractivity contribution in [3.05, 3.63) is 94.9 Å². The number of carbonyl (C=O) groups is 1. The van der Waals surface area contributed by atoms with Crippen molar-refractivity contribution in [2.75, 3.05) is 6.54 Å². The second kappa shape index (κ2) is 6.36. The molecule has 0 atom stereocenters. The monoisotopic (exact) mass is 354 g/mol. The first-order valence-corrected chi connectivity index (χ1v) is 9.05. The van der Waals surface area contributed by atoms with E-state index in [0.29, 0.717) is 11.1 Å². The van der Waals surface area contributed by atoms with Gasteiger partial charge in [0.25, 0.3) is 5.91 Å². The molecule has 27 heavy (non-hydrogen) atoms. The van der Waals surface area contributed by atoms with Gasteiger partial charge in [-0.1, -0.05) is 48.5 Å². The Hall–Kier alpha value is -3.47. The molecular weight excluding hydrogens is 336 g/mol. The highest BCUT2D eigenvalue weighted by Crippen LogP contribution is 2.25. The molecule has 0 bridgehead atoms. The Kier molecular flexibility index (Phi) is 3.71. The fraction of sp³-hybridized carbons (Fsp3) is 0.136. The molecule has 0 radical (unpaired) electrons. The molecule has 0 N–H and O–H groups in total. The van der Waals surface area contributed by atoms with Crippen molar-refractivity contribution in [1.82, 2.24) is 14.7 Å². The number of hydrogen-bond acceptors (Lipinski definition) is 3. The zero-order valence-corrected chi connectivity index (χ0v) is 14.7. The van der Waals surface area contributed by atoms with E-state index >= 15 is 0 Å². The molecule has 0 spiro atoms. The van der Waals surface area contributed by atoms with Crippen LogP contribution in [0.25, 0.3) is 11.3 Å². The van der Waals surface area contributed by atoms with Crippen LogP contribution in [0.3, 0.4) is 0 Å². The maximum absolute atomic E-state index is 12.7. The highest BCUT2D eigenvalue weighted by atomic mass is 16.1. The van der Waals surface area contributed by atoms with Crippen LogP contribution in [0.1, 0.15) is 12.0 Å². The maximum atomic E-state index is 12.7. The molecule has 3 heterocycles. The lowest BCUT2D eigenvalue weighted by atomic mass is 9.96. The molecule has 0 saturated heterocycles. The van der Waals surface area contributed by atoms with E-state index in [0.717, 1.165) is 36.0 Å². The van der Waals surface area contributed by atoms with Crippen LogP contribution in [0, 0.1) is 0 Å². The maximum Gasteiger partial charge on any atom is 0.280 e. The second-order valence-electron chi connectivity index (χ2n) is 6.77. The van der Waals surface area contributed by atoms with Crippen molar-refractivity contribution in [1.29, 1.82) is 0 Å². The summed E-state index contributed by atoms with van der Waals surface area (Å²) in [5, 5.41) is 5.45. The van der Waals surface area contributed by atoms with Crippen molar-refractivity contribution in [3.8, 4) is 5.69 Å². The fourth-order valence-corrected chi connectivity index (χ4v) is 3.70. The van der Waals surface area contributed by atoms with Gasteiger partial charge in [0.05, 0.1) is 17.5 Å². The predicted molar refractivity (Wildman–Crippen MR) is 102 cm³/mol. The molecule has 5 rings (SSSR count). The largest absolute Gasteiger partial charge is 0.372 e. The molecular formula is C22H18N4O. The SMILES string of the molecule is O=C1N=c2c(cnn2-c2ccccc2)=C2CCN(Cc3ccccc3)C=C12. The number of nitrogens with zero attached hydrogens (tertiary/aromatic N) is 4. The van der Waals surface area contributed by atoms with Gasteiger partial charge in [-0.3, -0.25) is 4.79 Å². The van der Waals surface area contributed by atoms with Crippen molar-refractivity contribution >= 4 is 11.5 Å². The van der Waals surface area contributed by atoms with Gasteiger partial charge in [0.1, 0.15) is 0 Å². The Balaban J connectivity index is 1.56. The number of fused-ring (bicyclic) bond motifs is 2. The van der Waals surface area contributed by atoms with E-state index in [1.54, 1.807) is 4.68 Å². The lowest BCUT2D eigenvalue weighted by molar-refractivity contribution is -0.114. The lowest BCUT2D eigenvalue weighted by Gasteiger charge is -2.28. The molecule has 5 nitrogen and oxygen atoms in total. The van der Waals surface area contributed by atoms with Crippen molar-refractivity contribution in [2.24, 2.45) is 4.99 Å². The summed E-state index contributed by atoms with van der Waals surface area (Å²) in [7, 11) is 0. The van der Waals surface area contributed by atoms with Gasteiger partial charge in [0.15, 0.2) is 5.49 Å². The van der Waals surface area contributed by atoms with Gasteiger partial charge in [-0.2, -0.15) is 10.1 Å². The molecule has 5 heteroatoms. The minimum atomic E-state index is -0.187. The quantitative estimate of drug-likeness (QED) is 0.723. The Labute approximate surface area is 156 Å². The molecule has 2 aromatic carbocycles. The van der Waals surface area contributed by atoms with E-state index in [9.17, 15) is 4.79 Å². The average molecular weight is 354 g/mol. The van der Waals surface area contributed by atoms with Crippen LogP contribution in [0.5, 0.6) is 0 Å². The number of aromatic nitrogens is 2. The summed E-state index contributed by atoms with van der Waals surface area (Å²) < 4.78 is 1.74. The number of amides is 1. The number of hydrogen-bond donors (Lipinski definition) is 0. The highest BCUT2D eigenvalue weighted by Gasteiger charge is 2.26. The summed E-state index contributed by atoms with van der Waals surface area (Å²) in [6, 6.07) is 20.1. The summed E-state index contributed by atoms with van der Waals surface area (Å²) in [6.07, 6.45) is 4.60. The van der Waals surface area contributed by atoms with Crippen LogP contribution >= 0.6 is 0 Å². The van der Waals surface area contributed by atoms with E-state index in [4.69, 9.17) is 0 Å². The van der Waals surface area contributed by atoms with Crippen LogP contribution < -0.4 is 10.7 Å².